The van der Waals surface area contributed by atoms with E-state index in [9.17, 15) is 13.2 Å². The number of morpholine rings is 1. The Morgan fingerprint density at radius 3 is 2.13 bits per heavy atom. The van der Waals surface area contributed by atoms with Crippen LogP contribution in [0.1, 0.15) is 34.3 Å². The Morgan fingerprint density at radius 1 is 0.871 bits per heavy atom. The highest BCUT2D eigenvalue weighted by molar-refractivity contribution is 7.89. The summed E-state index contributed by atoms with van der Waals surface area (Å²) in [5, 5.41) is 2.90. The summed E-state index contributed by atoms with van der Waals surface area (Å²) in [6, 6.07) is 14.4. The Kier molecular flexibility index (Phi) is 7.02. The van der Waals surface area contributed by atoms with Crippen molar-refractivity contribution in [2.24, 2.45) is 0 Å². The first-order valence-electron chi connectivity index (χ1n) is 10.8. The zero-order valence-electron chi connectivity index (χ0n) is 17.6. The lowest BCUT2D eigenvalue weighted by Gasteiger charge is -2.26. The second-order valence-corrected chi connectivity index (χ2v) is 9.96. The third-order valence-electron chi connectivity index (χ3n) is 5.81. The van der Waals surface area contributed by atoms with Crippen LogP contribution >= 0.6 is 0 Å². The van der Waals surface area contributed by atoms with Crippen LogP contribution in [0, 0.1) is 0 Å². The normalized spacial score (nSPS) is 18.2. The number of likely N-dealkylation sites (tertiary alicyclic amines) is 1. The number of benzene rings is 2. The summed E-state index contributed by atoms with van der Waals surface area (Å²) in [5.41, 5.74) is 2.76. The molecule has 2 aromatic rings. The molecule has 0 unspecified atom stereocenters. The van der Waals surface area contributed by atoms with Crippen LogP contribution < -0.4 is 5.32 Å². The first-order valence-corrected chi connectivity index (χ1v) is 12.2. The predicted octanol–water partition coefficient (Wildman–Crippen LogP) is 2.23. The van der Waals surface area contributed by atoms with Crippen molar-refractivity contribution in [2.75, 3.05) is 39.4 Å². The van der Waals surface area contributed by atoms with E-state index in [2.05, 4.69) is 22.3 Å². The monoisotopic (exact) mass is 443 g/mol. The van der Waals surface area contributed by atoms with Crippen LogP contribution in [-0.2, 0) is 27.8 Å². The molecule has 31 heavy (non-hydrogen) atoms. The Morgan fingerprint density at radius 2 is 1.48 bits per heavy atom. The first-order chi connectivity index (χ1) is 15.0. The van der Waals surface area contributed by atoms with E-state index in [1.54, 1.807) is 12.1 Å². The smallest absolute Gasteiger partial charge is 0.251 e. The van der Waals surface area contributed by atoms with E-state index in [0.717, 1.165) is 12.1 Å². The van der Waals surface area contributed by atoms with Gasteiger partial charge in [0.25, 0.3) is 5.91 Å². The SMILES string of the molecule is O=C(NCc1ccc(CN2CCCC2)cc1)c1ccc(S(=O)(=O)N2CCOCC2)cc1. The number of rotatable bonds is 7. The highest BCUT2D eigenvalue weighted by atomic mass is 32.2. The molecule has 7 nitrogen and oxygen atoms in total. The van der Waals surface area contributed by atoms with E-state index >= 15 is 0 Å². The molecule has 0 aliphatic carbocycles. The predicted molar refractivity (Wildman–Crippen MR) is 118 cm³/mol. The zero-order chi connectivity index (χ0) is 21.7. The fourth-order valence-corrected chi connectivity index (χ4v) is 5.37. The summed E-state index contributed by atoms with van der Waals surface area (Å²) >= 11 is 0. The number of carbonyl (C=O) groups is 1. The van der Waals surface area contributed by atoms with Crippen LogP contribution in [-0.4, -0.2) is 62.9 Å². The van der Waals surface area contributed by atoms with Crippen molar-refractivity contribution in [3.8, 4) is 0 Å². The van der Waals surface area contributed by atoms with E-state index in [-0.39, 0.29) is 10.8 Å². The molecule has 2 saturated heterocycles. The van der Waals surface area contributed by atoms with Crippen LogP contribution in [0.25, 0.3) is 0 Å². The quantitative estimate of drug-likeness (QED) is 0.710. The first kappa shape index (κ1) is 22.0. The maximum atomic E-state index is 12.7. The number of sulfonamides is 1. The highest BCUT2D eigenvalue weighted by Crippen LogP contribution is 2.18. The lowest BCUT2D eigenvalue weighted by atomic mass is 10.1. The molecule has 2 aromatic carbocycles. The van der Waals surface area contributed by atoms with Gasteiger partial charge >= 0.3 is 0 Å². The van der Waals surface area contributed by atoms with Crippen LogP contribution in [0.3, 0.4) is 0 Å². The van der Waals surface area contributed by atoms with Gasteiger partial charge in [-0.2, -0.15) is 4.31 Å². The molecule has 0 saturated carbocycles. The van der Waals surface area contributed by atoms with Crippen molar-refractivity contribution in [1.82, 2.24) is 14.5 Å². The number of nitrogens with one attached hydrogen (secondary N) is 1. The Balaban J connectivity index is 1.31. The number of ether oxygens (including phenoxy) is 1. The van der Waals surface area contributed by atoms with Gasteiger partial charge in [-0.25, -0.2) is 8.42 Å². The molecule has 4 rings (SSSR count). The Hall–Kier alpha value is -2.26. The molecule has 1 amide bonds. The van der Waals surface area contributed by atoms with Crippen LogP contribution in [0.5, 0.6) is 0 Å². The van der Waals surface area contributed by atoms with Crippen LogP contribution in [0.4, 0.5) is 0 Å². The largest absolute Gasteiger partial charge is 0.379 e. The standard InChI is InChI=1S/C23H29N3O4S/c27-23(24-17-19-3-5-20(6-4-19)18-25-11-1-2-12-25)21-7-9-22(10-8-21)31(28,29)26-13-15-30-16-14-26/h3-10H,1-2,11-18H2,(H,24,27). The van der Waals surface area contributed by atoms with Crippen molar-refractivity contribution in [1.29, 1.82) is 0 Å². The minimum atomic E-state index is -3.55. The summed E-state index contributed by atoms with van der Waals surface area (Å²) < 4.78 is 32.0. The molecule has 0 radical (unpaired) electrons. The van der Waals surface area contributed by atoms with Gasteiger partial charge in [0.2, 0.25) is 10.0 Å². The molecule has 0 bridgehead atoms. The second-order valence-electron chi connectivity index (χ2n) is 8.02. The lowest BCUT2D eigenvalue weighted by molar-refractivity contribution is 0.0730. The number of nitrogens with zero attached hydrogens (tertiary/aromatic N) is 2. The summed E-state index contributed by atoms with van der Waals surface area (Å²) in [4.78, 5) is 15.1. The zero-order valence-corrected chi connectivity index (χ0v) is 18.4. The average molecular weight is 444 g/mol. The van der Waals surface area contributed by atoms with Gasteiger partial charge in [-0.3, -0.25) is 9.69 Å². The minimum absolute atomic E-state index is 0.194. The van der Waals surface area contributed by atoms with E-state index in [1.807, 2.05) is 12.1 Å². The Bertz CT molecular complexity index is 978. The van der Waals surface area contributed by atoms with Crippen molar-refractivity contribution in [3.05, 3.63) is 65.2 Å². The molecule has 8 heteroatoms. The van der Waals surface area contributed by atoms with Crippen molar-refractivity contribution in [3.63, 3.8) is 0 Å². The molecule has 1 N–H and O–H groups in total. The summed E-state index contributed by atoms with van der Waals surface area (Å²) in [7, 11) is -3.55. The third-order valence-corrected chi connectivity index (χ3v) is 7.72. The van der Waals surface area contributed by atoms with Crippen molar-refractivity contribution < 1.29 is 17.9 Å². The number of hydrogen-bond acceptors (Lipinski definition) is 5. The molecule has 0 atom stereocenters. The molecular weight excluding hydrogens is 414 g/mol. The fourth-order valence-electron chi connectivity index (χ4n) is 3.96. The highest BCUT2D eigenvalue weighted by Gasteiger charge is 2.26. The number of amides is 1. The Labute approximate surface area is 184 Å². The summed E-state index contributed by atoms with van der Waals surface area (Å²) in [5.74, 6) is -0.225. The minimum Gasteiger partial charge on any atom is -0.379 e. The van der Waals surface area contributed by atoms with E-state index in [0.29, 0.717) is 38.4 Å². The second kappa shape index (κ2) is 9.91. The van der Waals surface area contributed by atoms with Gasteiger partial charge in [0.1, 0.15) is 0 Å². The molecule has 2 heterocycles. The van der Waals surface area contributed by atoms with Gasteiger partial charge in [0.15, 0.2) is 0 Å². The van der Waals surface area contributed by atoms with Gasteiger partial charge in [0, 0.05) is 31.7 Å². The van der Waals surface area contributed by atoms with Crippen molar-refractivity contribution in [2.45, 2.75) is 30.8 Å². The third kappa shape index (κ3) is 5.51. The maximum Gasteiger partial charge on any atom is 0.251 e. The van der Waals surface area contributed by atoms with Crippen LogP contribution in [0.15, 0.2) is 53.4 Å². The van der Waals surface area contributed by atoms with Gasteiger partial charge in [-0.15, -0.1) is 0 Å². The fraction of sp³-hybridized carbons (Fsp3) is 0.435. The molecule has 0 aromatic heterocycles. The van der Waals surface area contributed by atoms with E-state index in [4.69, 9.17) is 4.74 Å². The van der Waals surface area contributed by atoms with Gasteiger partial charge in [-0.05, 0) is 61.3 Å². The average Bonchev–Trinajstić information content (AvgIpc) is 3.32. The summed E-state index contributed by atoms with van der Waals surface area (Å²) in [6.07, 6.45) is 2.56. The van der Waals surface area contributed by atoms with Crippen molar-refractivity contribution >= 4 is 15.9 Å². The molecule has 166 valence electrons. The lowest BCUT2D eigenvalue weighted by Crippen LogP contribution is -2.40. The van der Waals surface area contributed by atoms with Crippen LogP contribution in [0.2, 0.25) is 0 Å². The van der Waals surface area contributed by atoms with E-state index in [1.165, 1.54) is 47.9 Å². The molecule has 0 spiro atoms. The maximum absolute atomic E-state index is 12.7. The molecular formula is C23H29N3O4S. The molecule has 2 aliphatic rings. The summed E-state index contributed by atoms with van der Waals surface area (Å²) in [6.45, 7) is 5.25. The van der Waals surface area contributed by atoms with Gasteiger partial charge in [0.05, 0.1) is 18.1 Å². The number of hydrogen-bond donors (Lipinski definition) is 1. The van der Waals surface area contributed by atoms with Gasteiger partial charge in [-0.1, -0.05) is 24.3 Å². The topological polar surface area (TPSA) is 79.0 Å². The number of carbonyl (C=O) groups excluding carboxylic acids is 1. The molecule has 2 aliphatic heterocycles. The van der Waals surface area contributed by atoms with Gasteiger partial charge < -0.3 is 10.1 Å². The van der Waals surface area contributed by atoms with E-state index < -0.39 is 10.0 Å². The molecule has 2 fully saturated rings.